The van der Waals surface area contributed by atoms with Crippen LogP contribution in [0, 0.1) is 0 Å². The first kappa shape index (κ1) is 18.9. The molecule has 0 saturated carbocycles. The molecule has 2 aliphatic rings. The molecule has 2 aromatic carbocycles. The number of carbonyl (C=O) groups is 2. The summed E-state index contributed by atoms with van der Waals surface area (Å²) in [4.78, 5) is 27.1. The van der Waals surface area contributed by atoms with Crippen molar-refractivity contribution in [3.8, 4) is 11.5 Å². The van der Waals surface area contributed by atoms with Crippen molar-refractivity contribution in [1.29, 1.82) is 0 Å². The van der Waals surface area contributed by atoms with Crippen molar-refractivity contribution in [2.75, 3.05) is 27.3 Å². The molecule has 0 aromatic heterocycles. The number of urea groups is 1. The van der Waals surface area contributed by atoms with E-state index in [0.29, 0.717) is 35.9 Å². The smallest absolute Gasteiger partial charge is 0.319 e. The van der Waals surface area contributed by atoms with Crippen molar-refractivity contribution in [3.63, 3.8) is 0 Å². The van der Waals surface area contributed by atoms with Gasteiger partial charge < -0.3 is 25.0 Å². The fourth-order valence-corrected chi connectivity index (χ4v) is 3.80. The van der Waals surface area contributed by atoms with E-state index in [2.05, 4.69) is 10.6 Å². The number of ether oxygens (including phenoxy) is 2. The number of benzene rings is 2. The van der Waals surface area contributed by atoms with Gasteiger partial charge >= 0.3 is 6.03 Å². The third-order valence-electron chi connectivity index (χ3n) is 5.27. The largest absolute Gasteiger partial charge is 0.493 e. The second-order valence-corrected chi connectivity index (χ2v) is 7.00. The summed E-state index contributed by atoms with van der Waals surface area (Å²) in [5, 5.41) is 5.66. The predicted octanol–water partition coefficient (Wildman–Crippen LogP) is 2.40. The average Bonchev–Trinajstić information content (AvgIpc) is 3.07. The van der Waals surface area contributed by atoms with Crippen molar-refractivity contribution in [3.05, 3.63) is 70.9 Å². The third-order valence-corrected chi connectivity index (χ3v) is 5.27. The molecule has 1 atom stereocenters. The first-order valence-corrected chi connectivity index (χ1v) is 9.46. The molecule has 4 rings (SSSR count). The first-order valence-electron chi connectivity index (χ1n) is 9.46. The minimum atomic E-state index is -0.534. The van der Waals surface area contributed by atoms with Gasteiger partial charge in [-0.25, -0.2) is 4.79 Å². The molecule has 7 nitrogen and oxygen atoms in total. The molecular formula is C22H23N3O4. The van der Waals surface area contributed by atoms with Crippen LogP contribution in [0.4, 0.5) is 4.79 Å². The fraction of sp³-hybridized carbons (Fsp3) is 0.273. The van der Waals surface area contributed by atoms with Gasteiger partial charge in [0.2, 0.25) is 0 Å². The second kappa shape index (κ2) is 7.87. The van der Waals surface area contributed by atoms with Gasteiger partial charge in [0, 0.05) is 6.54 Å². The number of amides is 3. The molecule has 0 unspecified atom stereocenters. The number of methoxy groups -OCH3 is 2. The van der Waals surface area contributed by atoms with E-state index in [-0.39, 0.29) is 11.9 Å². The van der Waals surface area contributed by atoms with Crippen LogP contribution in [0.1, 0.15) is 17.2 Å². The molecule has 2 aliphatic heterocycles. The van der Waals surface area contributed by atoms with E-state index in [1.54, 1.807) is 31.3 Å². The highest BCUT2D eigenvalue weighted by molar-refractivity contribution is 6.01. The van der Waals surface area contributed by atoms with Gasteiger partial charge in [-0.3, -0.25) is 4.79 Å². The monoisotopic (exact) mass is 393 g/mol. The molecule has 0 fully saturated rings. The van der Waals surface area contributed by atoms with Crippen molar-refractivity contribution in [2.45, 2.75) is 12.5 Å². The van der Waals surface area contributed by atoms with Gasteiger partial charge in [0.15, 0.2) is 11.5 Å². The molecular weight excluding hydrogens is 370 g/mol. The van der Waals surface area contributed by atoms with Crippen LogP contribution in [0.3, 0.4) is 0 Å². The van der Waals surface area contributed by atoms with Crippen LogP contribution in [0.2, 0.25) is 0 Å². The summed E-state index contributed by atoms with van der Waals surface area (Å²) in [6.45, 7) is 0.989. The highest BCUT2D eigenvalue weighted by Crippen LogP contribution is 2.36. The van der Waals surface area contributed by atoms with E-state index in [1.165, 1.54) is 5.56 Å². The molecule has 2 aromatic rings. The SMILES string of the molecule is COc1ccc([C@@H]2NC(=O)NC3=C2C(=O)N(CCc2ccccc2)C3)cc1OC. The van der Waals surface area contributed by atoms with E-state index in [9.17, 15) is 9.59 Å². The zero-order valence-electron chi connectivity index (χ0n) is 16.4. The fourth-order valence-electron chi connectivity index (χ4n) is 3.80. The molecule has 150 valence electrons. The van der Waals surface area contributed by atoms with E-state index in [0.717, 1.165) is 12.0 Å². The van der Waals surface area contributed by atoms with Crippen LogP contribution in [-0.4, -0.2) is 44.1 Å². The second-order valence-electron chi connectivity index (χ2n) is 7.00. The Hall–Kier alpha value is -3.48. The zero-order chi connectivity index (χ0) is 20.4. The van der Waals surface area contributed by atoms with Crippen molar-refractivity contribution in [2.24, 2.45) is 0 Å². The summed E-state index contributed by atoms with van der Waals surface area (Å²) in [6.07, 6.45) is 0.759. The Kier molecular flexibility index (Phi) is 5.12. The molecule has 0 spiro atoms. The van der Waals surface area contributed by atoms with Crippen LogP contribution in [0.25, 0.3) is 0 Å². The van der Waals surface area contributed by atoms with E-state index in [1.807, 2.05) is 36.4 Å². The number of nitrogens with one attached hydrogen (secondary N) is 2. The summed E-state index contributed by atoms with van der Waals surface area (Å²) in [5.41, 5.74) is 3.17. The Morgan fingerprint density at radius 3 is 2.52 bits per heavy atom. The average molecular weight is 393 g/mol. The van der Waals surface area contributed by atoms with E-state index < -0.39 is 6.04 Å². The molecule has 3 amide bonds. The Labute approximate surface area is 169 Å². The minimum absolute atomic E-state index is 0.0665. The van der Waals surface area contributed by atoms with Crippen LogP contribution >= 0.6 is 0 Å². The molecule has 0 radical (unpaired) electrons. The normalized spacial score (nSPS) is 18.3. The van der Waals surface area contributed by atoms with Crippen LogP contribution in [-0.2, 0) is 11.2 Å². The highest BCUT2D eigenvalue weighted by Gasteiger charge is 2.40. The molecule has 29 heavy (non-hydrogen) atoms. The van der Waals surface area contributed by atoms with Gasteiger partial charge in [0.1, 0.15) is 0 Å². The molecule has 2 heterocycles. The van der Waals surface area contributed by atoms with Crippen LogP contribution in [0.5, 0.6) is 11.5 Å². The lowest BCUT2D eigenvalue weighted by Crippen LogP contribution is -2.44. The molecule has 2 N–H and O–H groups in total. The van der Waals surface area contributed by atoms with Gasteiger partial charge in [0.05, 0.1) is 38.1 Å². The highest BCUT2D eigenvalue weighted by atomic mass is 16.5. The van der Waals surface area contributed by atoms with E-state index >= 15 is 0 Å². The number of carbonyl (C=O) groups excluding carboxylic acids is 2. The number of nitrogens with zero attached hydrogens (tertiary/aromatic N) is 1. The van der Waals surface area contributed by atoms with Gasteiger partial charge in [0.25, 0.3) is 5.91 Å². The molecule has 0 aliphatic carbocycles. The Morgan fingerprint density at radius 2 is 1.79 bits per heavy atom. The lowest BCUT2D eigenvalue weighted by atomic mass is 9.96. The van der Waals surface area contributed by atoms with Crippen molar-refractivity contribution >= 4 is 11.9 Å². The summed E-state index contributed by atoms with van der Waals surface area (Å²) in [5.74, 6) is 1.07. The number of hydrogen-bond donors (Lipinski definition) is 2. The quantitative estimate of drug-likeness (QED) is 0.790. The number of rotatable bonds is 6. The minimum Gasteiger partial charge on any atom is -0.493 e. The number of hydrogen-bond acceptors (Lipinski definition) is 4. The molecule has 0 saturated heterocycles. The first-order chi connectivity index (χ1) is 14.1. The van der Waals surface area contributed by atoms with Gasteiger partial charge in [-0.1, -0.05) is 36.4 Å². The topological polar surface area (TPSA) is 79.9 Å². The molecule has 7 heteroatoms. The zero-order valence-corrected chi connectivity index (χ0v) is 16.4. The van der Waals surface area contributed by atoms with Crippen LogP contribution in [0.15, 0.2) is 59.8 Å². The van der Waals surface area contributed by atoms with Gasteiger partial charge in [-0.15, -0.1) is 0 Å². The lowest BCUT2D eigenvalue weighted by molar-refractivity contribution is -0.125. The summed E-state index contributed by atoms with van der Waals surface area (Å²) < 4.78 is 10.7. The van der Waals surface area contributed by atoms with Gasteiger partial charge in [-0.2, -0.15) is 0 Å². The summed E-state index contributed by atoms with van der Waals surface area (Å²) in [7, 11) is 3.12. The Morgan fingerprint density at radius 1 is 1.03 bits per heavy atom. The third kappa shape index (κ3) is 3.63. The summed E-state index contributed by atoms with van der Waals surface area (Å²) in [6, 6.07) is 14.6. The predicted molar refractivity (Wildman–Crippen MR) is 108 cm³/mol. The van der Waals surface area contributed by atoms with Crippen LogP contribution < -0.4 is 20.1 Å². The Bertz CT molecular complexity index is 971. The van der Waals surface area contributed by atoms with Crippen molar-refractivity contribution < 1.29 is 19.1 Å². The van der Waals surface area contributed by atoms with Crippen molar-refractivity contribution in [1.82, 2.24) is 15.5 Å². The maximum absolute atomic E-state index is 13.1. The lowest BCUT2D eigenvalue weighted by Gasteiger charge is -2.26. The summed E-state index contributed by atoms with van der Waals surface area (Å²) >= 11 is 0. The maximum atomic E-state index is 13.1. The van der Waals surface area contributed by atoms with Gasteiger partial charge in [-0.05, 0) is 29.7 Å². The Balaban J connectivity index is 1.58. The maximum Gasteiger partial charge on any atom is 0.319 e. The molecule has 0 bridgehead atoms. The standard InChI is InChI=1S/C22H23N3O4/c1-28-17-9-8-15(12-18(17)29-2)20-19-16(23-22(27)24-20)13-25(21(19)26)11-10-14-6-4-3-5-7-14/h3-9,12,20H,10-11,13H2,1-2H3,(H2,23,24,27)/t20-/m0/s1. The van der Waals surface area contributed by atoms with E-state index in [4.69, 9.17) is 9.47 Å².